The first-order valence-corrected chi connectivity index (χ1v) is 21.2. The number of imidazole rings is 1. The molecule has 0 saturated carbocycles. The molecule has 0 fully saturated rings. The largest absolute Gasteiger partial charge is 2.00 e. The van der Waals surface area contributed by atoms with Crippen LogP contribution in [-0.4, -0.2) is 27.0 Å². The molecule has 0 aliphatic carbocycles. The first kappa shape index (κ1) is 33.6. The number of hydrogen-bond acceptors (Lipinski definition) is 3. The van der Waals surface area contributed by atoms with Crippen LogP contribution in [0.4, 0.5) is 21.6 Å². The molecule has 4 aromatic heterocycles. The number of hydrogen-bond donors (Lipinski definition) is 0. The summed E-state index contributed by atoms with van der Waals surface area (Å²) >= 11 is 0. The summed E-state index contributed by atoms with van der Waals surface area (Å²) < 4.78 is 21.3. The quantitative estimate of drug-likeness (QED) is 0.101. The second-order valence-electron chi connectivity index (χ2n) is 14.6. The van der Waals surface area contributed by atoms with Gasteiger partial charge in [-0.3, -0.25) is 4.98 Å². The number of rotatable bonds is 4. The molecule has 266 valence electrons. The van der Waals surface area contributed by atoms with E-state index in [0.717, 1.165) is 61.1 Å². The molecule has 55 heavy (non-hydrogen) atoms. The summed E-state index contributed by atoms with van der Waals surface area (Å²) in [6, 6.07) is 52.9. The number of para-hydroxylation sites is 3. The van der Waals surface area contributed by atoms with E-state index in [9.17, 15) is 0 Å². The molecule has 1 unspecified atom stereocenters. The fraction of sp³-hybridized carbons (Fsp3) is 0.0638. The van der Waals surface area contributed by atoms with E-state index >= 15 is 4.39 Å². The van der Waals surface area contributed by atoms with Gasteiger partial charge in [0.1, 0.15) is 20.1 Å². The first-order valence-electron chi connectivity index (χ1n) is 18.2. The molecule has 1 aliphatic heterocycles. The van der Waals surface area contributed by atoms with Gasteiger partial charge in [0.2, 0.25) is 0 Å². The third-order valence-electron chi connectivity index (χ3n) is 11.3. The van der Waals surface area contributed by atoms with Gasteiger partial charge in [-0.15, -0.1) is 29.8 Å². The molecular weight excluding hydrogens is 788 g/mol. The molecule has 0 saturated heterocycles. The van der Waals surface area contributed by atoms with Crippen LogP contribution < -0.4 is 15.3 Å². The Balaban J connectivity index is 0.00000372. The van der Waals surface area contributed by atoms with Crippen LogP contribution in [0, 0.1) is 12.1 Å². The van der Waals surface area contributed by atoms with Crippen molar-refractivity contribution in [1.29, 1.82) is 0 Å². The van der Waals surface area contributed by atoms with Crippen molar-refractivity contribution in [3.8, 4) is 5.69 Å². The molecule has 11 rings (SSSR count). The monoisotopic (exact) mass is 819 g/mol. The van der Waals surface area contributed by atoms with Crippen molar-refractivity contribution in [1.82, 2.24) is 18.9 Å². The molecule has 0 spiro atoms. The summed E-state index contributed by atoms with van der Waals surface area (Å²) in [6.07, 6.45) is 4.13. The molecule has 0 N–H and O–H groups in total. The van der Waals surface area contributed by atoms with Gasteiger partial charge < -0.3 is 13.9 Å². The standard InChI is InChI=1S/C47H32FN5Si.Pd/c1-54(2)43-20-11-23-49-47(43)53(42-28-37-36-17-7-9-19-40(36)52(41(37)29-44(42)54)32-13-4-3-5-14-32)33-15-10-12-30(26-33)45(48)31-21-22-34-35-16-6-8-18-39(35)51-25-24-50-46(51)38(34)27-31;/h3-25,28-29,45H,1-2H3;/q-2;+2. The van der Waals surface area contributed by atoms with E-state index in [2.05, 4.69) is 129 Å². The Bertz CT molecular complexity index is 3130. The zero-order valence-electron chi connectivity index (χ0n) is 29.9. The average molecular weight is 820 g/mol. The van der Waals surface area contributed by atoms with Crippen molar-refractivity contribution in [2.24, 2.45) is 0 Å². The SMILES string of the molecule is C[Si]1(C)c2cc3c(cc2N(c2[c-]c(C(F)c4[c-]c5c(cc4)c4ccccc4n4ccnc54)ccc2)c2ncccc21)c1ccccc1n3-c1ccccc1.[Pd+2]. The Morgan fingerprint density at radius 2 is 1.36 bits per heavy atom. The number of anilines is 3. The predicted molar refractivity (Wildman–Crippen MR) is 221 cm³/mol. The Labute approximate surface area is 332 Å². The van der Waals surface area contributed by atoms with Crippen LogP contribution in [0.25, 0.3) is 54.8 Å². The van der Waals surface area contributed by atoms with E-state index in [0.29, 0.717) is 11.1 Å². The van der Waals surface area contributed by atoms with E-state index in [1.807, 2.05) is 60.9 Å². The van der Waals surface area contributed by atoms with E-state index in [1.165, 1.54) is 21.3 Å². The number of nitrogens with zero attached hydrogens (tertiary/aromatic N) is 5. The Hall–Kier alpha value is -5.91. The van der Waals surface area contributed by atoms with Crippen molar-refractivity contribution in [2.75, 3.05) is 4.90 Å². The van der Waals surface area contributed by atoms with Crippen molar-refractivity contribution in [2.45, 2.75) is 19.3 Å². The molecule has 0 amide bonds. The van der Waals surface area contributed by atoms with Gasteiger partial charge >= 0.3 is 20.4 Å². The van der Waals surface area contributed by atoms with Gasteiger partial charge in [0.15, 0.2) is 0 Å². The minimum absolute atomic E-state index is 0. The Morgan fingerprint density at radius 1 is 0.618 bits per heavy atom. The molecule has 1 atom stereocenters. The minimum atomic E-state index is -2.27. The van der Waals surface area contributed by atoms with E-state index in [-0.39, 0.29) is 20.4 Å². The van der Waals surface area contributed by atoms with Gasteiger partial charge in [-0.05, 0) is 58.2 Å². The molecule has 0 radical (unpaired) electrons. The van der Waals surface area contributed by atoms with Crippen LogP contribution in [0.15, 0.2) is 152 Å². The maximum Gasteiger partial charge on any atom is 2.00 e. The number of aromatic nitrogens is 4. The normalized spacial score (nSPS) is 14.0. The molecule has 6 aromatic carbocycles. The van der Waals surface area contributed by atoms with Gasteiger partial charge in [0.25, 0.3) is 0 Å². The fourth-order valence-corrected chi connectivity index (χ4v) is 11.5. The van der Waals surface area contributed by atoms with Crippen molar-refractivity contribution < 1.29 is 24.8 Å². The van der Waals surface area contributed by atoms with Crippen LogP contribution in [0.2, 0.25) is 13.1 Å². The van der Waals surface area contributed by atoms with Crippen LogP contribution >= 0.6 is 0 Å². The van der Waals surface area contributed by atoms with Crippen molar-refractivity contribution in [3.05, 3.63) is 175 Å². The van der Waals surface area contributed by atoms with Crippen LogP contribution in [-0.2, 0) is 20.4 Å². The average Bonchev–Trinajstić information content (AvgIpc) is 3.84. The van der Waals surface area contributed by atoms with Crippen molar-refractivity contribution in [3.63, 3.8) is 0 Å². The van der Waals surface area contributed by atoms with Gasteiger partial charge in [-0.25, -0.2) is 9.37 Å². The number of alkyl halides is 1. The van der Waals surface area contributed by atoms with Crippen LogP contribution in [0.3, 0.4) is 0 Å². The number of fused-ring (bicyclic) bond motifs is 11. The smallest absolute Gasteiger partial charge is 0.340 e. The topological polar surface area (TPSA) is 38.4 Å². The third kappa shape index (κ3) is 4.92. The Kier molecular flexibility index (Phi) is 7.69. The van der Waals surface area contributed by atoms with Gasteiger partial charge in [-0.2, -0.15) is 18.2 Å². The molecule has 0 bridgehead atoms. The molecular formula is C47H32FN5PdSi. The summed E-state index contributed by atoms with van der Waals surface area (Å²) in [5.41, 5.74) is 7.95. The summed E-state index contributed by atoms with van der Waals surface area (Å²) in [4.78, 5) is 11.8. The molecule has 1 aliphatic rings. The Morgan fingerprint density at radius 3 is 2.20 bits per heavy atom. The maximum atomic E-state index is 16.9. The minimum Gasteiger partial charge on any atom is -0.340 e. The van der Waals surface area contributed by atoms with E-state index < -0.39 is 14.2 Å². The van der Waals surface area contributed by atoms with Gasteiger partial charge in [0, 0.05) is 46.3 Å². The second-order valence-corrected chi connectivity index (χ2v) is 18.9. The number of halogens is 1. The second kappa shape index (κ2) is 12.6. The summed E-state index contributed by atoms with van der Waals surface area (Å²) in [5.74, 6) is 0.877. The zero-order valence-corrected chi connectivity index (χ0v) is 32.5. The summed E-state index contributed by atoms with van der Waals surface area (Å²) in [6.45, 7) is 4.80. The molecule has 5 heterocycles. The molecule has 8 heteroatoms. The van der Waals surface area contributed by atoms with Gasteiger partial charge in [-0.1, -0.05) is 95.8 Å². The third-order valence-corrected chi connectivity index (χ3v) is 14.8. The summed E-state index contributed by atoms with van der Waals surface area (Å²) in [5, 5.41) is 7.73. The van der Waals surface area contributed by atoms with E-state index in [1.54, 1.807) is 6.20 Å². The van der Waals surface area contributed by atoms with Gasteiger partial charge in [0.05, 0.1) is 16.7 Å². The number of benzene rings is 6. The zero-order chi connectivity index (χ0) is 36.1. The predicted octanol–water partition coefficient (Wildman–Crippen LogP) is 10.4. The summed E-state index contributed by atoms with van der Waals surface area (Å²) in [7, 11) is -2.27. The van der Waals surface area contributed by atoms with Crippen molar-refractivity contribution >= 4 is 84.8 Å². The van der Waals surface area contributed by atoms with Crippen LogP contribution in [0.5, 0.6) is 0 Å². The number of pyridine rings is 2. The molecule has 5 nitrogen and oxygen atoms in total. The fourth-order valence-electron chi connectivity index (χ4n) is 8.68. The molecule has 10 aromatic rings. The van der Waals surface area contributed by atoms with Crippen LogP contribution in [0.1, 0.15) is 17.3 Å². The first-order chi connectivity index (χ1) is 26.5. The maximum absolute atomic E-state index is 16.9. The van der Waals surface area contributed by atoms with E-state index in [4.69, 9.17) is 4.98 Å².